The van der Waals surface area contributed by atoms with Crippen LogP contribution < -0.4 is 0 Å². The highest BCUT2D eigenvalue weighted by Gasteiger charge is 2.28. The van der Waals surface area contributed by atoms with Crippen LogP contribution >= 0.6 is 27.7 Å². The van der Waals surface area contributed by atoms with Gasteiger partial charge in [0.25, 0.3) is 0 Å². The zero-order chi connectivity index (χ0) is 15.5. The average Bonchev–Trinajstić information content (AvgIpc) is 2.40. The lowest BCUT2D eigenvalue weighted by molar-refractivity contribution is 0.281. The molecule has 1 unspecified atom stereocenters. The van der Waals surface area contributed by atoms with Crippen LogP contribution in [-0.4, -0.2) is 42.9 Å². The molecule has 0 fully saturated rings. The van der Waals surface area contributed by atoms with E-state index in [0.717, 1.165) is 11.3 Å². The quantitative estimate of drug-likeness (QED) is 0.822. The molecule has 0 aliphatic carbocycles. The van der Waals surface area contributed by atoms with Crippen LogP contribution in [0, 0.1) is 6.92 Å². The molecule has 1 aromatic carbocycles. The summed E-state index contributed by atoms with van der Waals surface area (Å²) in [6.07, 6.45) is 1.95. The van der Waals surface area contributed by atoms with Gasteiger partial charge in [-0.2, -0.15) is 16.1 Å². The van der Waals surface area contributed by atoms with Gasteiger partial charge < -0.3 is 5.11 Å². The zero-order valence-corrected chi connectivity index (χ0v) is 15.3. The molecule has 0 saturated heterocycles. The van der Waals surface area contributed by atoms with Crippen molar-refractivity contribution in [2.75, 3.05) is 19.1 Å². The topological polar surface area (TPSA) is 57.6 Å². The Morgan fingerprint density at radius 3 is 2.55 bits per heavy atom. The highest BCUT2D eigenvalue weighted by molar-refractivity contribution is 9.10. The van der Waals surface area contributed by atoms with E-state index >= 15 is 0 Å². The van der Waals surface area contributed by atoms with E-state index in [9.17, 15) is 13.5 Å². The number of thioether (sulfide) groups is 1. The van der Waals surface area contributed by atoms with E-state index in [2.05, 4.69) is 15.9 Å². The Kier molecular flexibility index (Phi) is 6.53. The van der Waals surface area contributed by atoms with Gasteiger partial charge in [0.15, 0.2) is 0 Å². The molecular formula is C13H20BrNO3S2. The highest BCUT2D eigenvalue weighted by Crippen LogP contribution is 2.30. The third-order valence-electron chi connectivity index (χ3n) is 3.15. The van der Waals surface area contributed by atoms with Crippen molar-refractivity contribution in [3.8, 4) is 0 Å². The maximum Gasteiger partial charge on any atom is 0.244 e. The standard InChI is InChI=1S/C13H20BrNO3S2/c1-9-5-11(7-16)6-12(13(9)14)20(17,18)15(3)10(2)8-19-4/h5-6,10,16H,7-8H2,1-4H3. The molecule has 0 aliphatic rings. The minimum atomic E-state index is -3.58. The lowest BCUT2D eigenvalue weighted by Gasteiger charge is -2.25. The van der Waals surface area contributed by atoms with E-state index in [1.165, 1.54) is 10.4 Å². The van der Waals surface area contributed by atoms with Crippen molar-refractivity contribution in [1.29, 1.82) is 0 Å². The summed E-state index contributed by atoms with van der Waals surface area (Å²) in [5.74, 6) is 0.728. The molecule has 0 spiro atoms. The summed E-state index contributed by atoms with van der Waals surface area (Å²) in [6, 6.07) is 3.20. The van der Waals surface area contributed by atoms with Crippen molar-refractivity contribution in [1.82, 2.24) is 4.31 Å². The van der Waals surface area contributed by atoms with E-state index in [1.54, 1.807) is 24.9 Å². The Morgan fingerprint density at radius 1 is 1.45 bits per heavy atom. The summed E-state index contributed by atoms with van der Waals surface area (Å²) >= 11 is 4.95. The van der Waals surface area contributed by atoms with E-state index in [1.807, 2.05) is 20.1 Å². The molecule has 0 aromatic heterocycles. The summed E-state index contributed by atoms with van der Waals surface area (Å²) < 4.78 is 27.3. The monoisotopic (exact) mass is 381 g/mol. The molecular weight excluding hydrogens is 362 g/mol. The van der Waals surface area contributed by atoms with Gasteiger partial charge in [0.2, 0.25) is 10.0 Å². The smallest absolute Gasteiger partial charge is 0.244 e. The molecule has 4 nitrogen and oxygen atoms in total. The van der Waals surface area contributed by atoms with Gasteiger partial charge in [-0.3, -0.25) is 0 Å². The Hall–Kier alpha value is -0.0800. The van der Waals surface area contributed by atoms with Crippen LogP contribution in [0.5, 0.6) is 0 Å². The van der Waals surface area contributed by atoms with Crippen molar-refractivity contribution in [2.24, 2.45) is 0 Å². The first-order valence-corrected chi connectivity index (χ1v) is 9.75. The van der Waals surface area contributed by atoms with Crippen molar-refractivity contribution in [3.63, 3.8) is 0 Å². The fraction of sp³-hybridized carbons (Fsp3) is 0.538. The van der Waals surface area contributed by atoms with Gasteiger partial charge >= 0.3 is 0 Å². The molecule has 114 valence electrons. The van der Waals surface area contributed by atoms with Gasteiger partial charge in [-0.25, -0.2) is 8.42 Å². The van der Waals surface area contributed by atoms with Crippen molar-refractivity contribution in [2.45, 2.75) is 31.4 Å². The summed E-state index contributed by atoms with van der Waals surface area (Å²) in [5, 5.41) is 9.25. The molecule has 7 heteroatoms. The van der Waals surface area contributed by atoms with Crippen molar-refractivity contribution < 1.29 is 13.5 Å². The molecule has 1 atom stereocenters. The van der Waals surface area contributed by atoms with E-state index in [-0.39, 0.29) is 17.5 Å². The number of nitrogens with zero attached hydrogens (tertiary/aromatic N) is 1. The first kappa shape index (κ1) is 18.0. The van der Waals surface area contributed by atoms with Crippen LogP contribution in [0.15, 0.2) is 21.5 Å². The van der Waals surface area contributed by atoms with Gasteiger partial charge in [-0.1, -0.05) is 6.07 Å². The predicted molar refractivity (Wildman–Crippen MR) is 87.6 cm³/mol. The van der Waals surface area contributed by atoms with Gasteiger partial charge in [0.05, 0.1) is 11.5 Å². The van der Waals surface area contributed by atoms with E-state index in [0.29, 0.717) is 10.0 Å². The second-order valence-corrected chi connectivity index (χ2v) is 8.38. The molecule has 0 aliphatic heterocycles. The number of sulfonamides is 1. The van der Waals surface area contributed by atoms with Crippen molar-refractivity contribution in [3.05, 3.63) is 27.7 Å². The fourth-order valence-corrected chi connectivity index (χ4v) is 5.02. The number of benzene rings is 1. The third-order valence-corrected chi connectivity index (χ3v) is 7.28. The minimum Gasteiger partial charge on any atom is -0.392 e. The second-order valence-electron chi connectivity index (χ2n) is 4.71. The first-order chi connectivity index (χ1) is 9.25. The van der Waals surface area contributed by atoms with E-state index < -0.39 is 10.0 Å². The van der Waals surface area contributed by atoms with Gasteiger partial charge in [0, 0.05) is 23.3 Å². The molecule has 1 N–H and O–H groups in total. The fourth-order valence-electron chi connectivity index (χ4n) is 1.83. The van der Waals surface area contributed by atoms with Gasteiger partial charge in [-0.15, -0.1) is 0 Å². The van der Waals surface area contributed by atoms with E-state index in [4.69, 9.17) is 0 Å². The van der Waals surface area contributed by atoms with Gasteiger partial charge in [-0.05, 0) is 53.2 Å². The Balaban J connectivity index is 3.31. The van der Waals surface area contributed by atoms with Gasteiger partial charge in [0.1, 0.15) is 0 Å². The van der Waals surface area contributed by atoms with Crippen LogP contribution in [0.1, 0.15) is 18.1 Å². The Bertz CT molecular complexity index is 575. The number of rotatable bonds is 6. The summed E-state index contributed by atoms with van der Waals surface area (Å²) in [5.41, 5.74) is 1.39. The largest absolute Gasteiger partial charge is 0.392 e. The second kappa shape index (κ2) is 7.26. The number of hydrogen-bond donors (Lipinski definition) is 1. The Labute approximate surface area is 133 Å². The maximum atomic E-state index is 12.7. The van der Waals surface area contributed by atoms with Crippen LogP contribution in [0.4, 0.5) is 0 Å². The molecule has 0 saturated carbocycles. The normalized spacial score (nSPS) is 13.8. The molecule has 0 amide bonds. The molecule has 0 bridgehead atoms. The number of hydrogen-bond acceptors (Lipinski definition) is 4. The number of aliphatic hydroxyl groups is 1. The van der Waals surface area contributed by atoms with Crippen LogP contribution in [-0.2, 0) is 16.6 Å². The molecule has 0 radical (unpaired) electrons. The highest BCUT2D eigenvalue weighted by atomic mass is 79.9. The predicted octanol–water partition coefficient (Wildman–Crippen LogP) is 2.62. The molecule has 20 heavy (non-hydrogen) atoms. The SMILES string of the molecule is CSCC(C)N(C)S(=O)(=O)c1cc(CO)cc(C)c1Br. The summed E-state index contributed by atoms with van der Waals surface area (Å²) in [7, 11) is -2.00. The lowest BCUT2D eigenvalue weighted by Crippen LogP contribution is -2.36. The molecule has 1 aromatic rings. The van der Waals surface area contributed by atoms with Crippen LogP contribution in [0.2, 0.25) is 0 Å². The van der Waals surface area contributed by atoms with Crippen LogP contribution in [0.3, 0.4) is 0 Å². The maximum absolute atomic E-state index is 12.7. The molecule has 0 heterocycles. The Morgan fingerprint density at radius 2 is 2.05 bits per heavy atom. The van der Waals surface area contributed by atoms with Crippen LogP contribution in [0.25, 0.3) is 0 Å². The summed E-state index contributed by atoms with van der Waals surface area (Å²) in [6.45, 7) is 3.51. The zero-order valence-electron chi connectivity index (χ0n) is 12.1. The number of aryl methyl sites for hydroxylation is 1. The minimum absolute atomic E-state index is 0.0972. The summed E-state index contributed by atoms with van der Waals surface area (Å²) in [4.78, 5) is 0.206. The number of aliphatic hydroxyl groups excluding tert-OH is 1. The lowest BCUT2D eigenvalue weighted by atomic mass is 10.1. The third kappa shape index (κ3) is 3.76. The molecule has 1 rings (SSSR count). The number of halogens is 1. The first-order valence-electron chi connectivity index (χ1n) is 6.12. The average molecular weight is 382 g/mol. The van der Waals surface area contributed by atoms with Crippen molar-refractivity contribution >= 4 is 37.7 Å².